The van der Waals surface area contributed by atoms with Crippen LogP contribution in [0.2, 0.25) is 0 Å². The number of primary amides is 2. The zero-order valence-electron chi connectivity index (χ0n) is 42.1. The molecule has 0 aliphatic carbocycles. The molecule has 0 saturated carbocycles. The normalized spacial score (nSPS) is 14.2. The molecule has 0 heterocycles. The summed E-state index contributed by atoms with van der Waals surface area (Å²) in [5.41, 5.74) is 23.1. The van der Waals surface area contributed by atoms with Gasteiger partial charge in [0, 0.05) is 13.0 Å². The molecule has 0 aliphatic heterocycles. The fourth-order valence-corrected chi connectivity index (χ4v) is 7.02. The third-order valence-corrected chi connectivity index (χ3v) is 11.0. The van der Waals surface area contributed by atoms with Gasteiger partial charge < -0.3 is 86.1 Å². The van der Waals surface area contributed by atoms with Crippen molar-refractivity contribution in [2.24, 2.45) is 34.8 Å². The zero-order chi connectivity index (χ0) is 56.1. The maximum Gasteiger partial charge on any atom is 0.326 e. The first-order valence-electron chi connectivity index (χ1n) is 24.1. The van der Waals surface area contributed by atoms with Crippen LogP contribution in [0.1, 0.15) is 91.0 Å². The summed E-state index contributed by atoms with van der Waals surface area (Å²) in [6, 6.07) is -3.85. The van der Waals surface area contributed by atoms with E-state index in [9.17, 15) is 72.9 Å². The van der Waals surface area contributed by atoms with Crippen LogP contribution in [0.3, 0.4) is 0 Å². The smallest absolute Gasteiger partial charge is 0.326 e. The Morgan fingerprint density at radius 1 is 0.581 bits per heavy atom. The van der Waals surface area contributed by atoms with Gasteiger partial charge in [-0.2, -0.15) is 0 Å². The number of hydrogen-bond donors (Lipinski definition) is 16. The van der Waals surface area contributed by atoms with Crippen molar-refractivity contribution in [3.05, 3.63) is 35.9 Å². The van der Waals surface area contributed by atoms with Crippen molar-refractivity contribution in [2.75, 3.05) is 26.2 Å². The molecule has 0 unspecified atom stereocenters. The lowest BCUT2D eigenvalue weighted by Crippen LogP contribution is -2.60. The Balaban J connectivity index is 3.39. The monoisotopic (exact) mass is 1050 g/mol. The summed E-state index contributed by atoms with van der Waals surface area (Å²) in [5, 5.41) is 49.9. The SMILES string of the molecule is CC(C)C[C@H](NC(=O)[C@H](CCCNC(N)=O)NC(=O)[C@H](CCCCN)NC(=O)[C@H](CCC(N)=O)NC(=O)[C@@H](N)Cc1ccccc1)C(=O)N[C@@H](CC(=O)O)C(=O)NCC(=O)N[C@@H](CO)C(=O)N[C@H](C(=O)O)C(C)C. The summed E-state index contributed by atoms with van der Waals surface area (Å²) in [4.78, 5) is 154. The highest BCUT2D eigenvalue weighted by atomic mass is 16.4. The number of nitrogens with one attached hydrogen (secondary N) is 9. The van der Waals surface area contributed by atoms with Gasteiger partial charge >= 0.3 is 18.0 Å². The number of benzene rings is 1. The van der Waals surface area contributed by atoms with Crippen LogP contribution >= 0.6 is 0 Å². The molecule has 74 heavy (non-hydrogen) atoms. The van der Waals surface area contributed by atoms with Crippen LogP contribution in [0.25, 0.3) is 0 Å². The summed E-state index contributed by atoms with van der Waals surface area (Å²) in [6.07, 6.45) is -1.16. The lowest BCUT2D eigenvalue weighted by atomic mass is 10.0. The lowest BCUT2D eigenvalue weighted by Gasteiger charge is -2.28. The standard InChI is InChI=1S/C46H75N13O15/c1-24(2)19-31(43(70)58-32(21-36(63)64)39(66)52-22-35(62)53-33(23-60)44(71)59-37(25(3)4)45(72)73)57-41(68)29(14-10-18-51-46(50)74)56-40(67)28(13-8-9-17-47)55-42(69)30(15-16-34(49)61)54-38(65)27(48)20-26-11-6-5-7-12-26/h5-7,11-12,24-25,27-33,37,60H,8-10,13-23,47-48H2,1-4H3,(H2,49,61)(H,52,66)(H,53,62)(H,54,65)(H,55,69)(H,56,67)(H,57,68)(H,58,70)(H,59,71)(H,63,64)(H,72,73)(H3,50,51,74)/t27-,28-,29-,30-,31-,32-,33-,37-/m0/s1. The van der Waals surface area contributed by atoms with Crippen molar-refractivity contribution in [3.8, 4) is 0 Å². The molecule has 0 bridgehead atoms. The molecule has 0 radical (unpaired) electrons. The van der Waals surface area contributed by atoms with Crippen molar-refractivity contribution in [1.29, 1.82) is 0 Å². The lowest BCUT2D eigenvalue weighted by molar-refractivity contribution is -0.143. The van der Waals surface area contributed by atoms with Crippen LogP contribution in [0.15, 0.2) is 30.3 Å². The predicted molar refractivity (Wildman–Crippen MR) is 264 cm³/mol. The number of carboxylic acid groups (broad SMARTS) is 2. The average Bonchev–Trinajstić information content (AvgIpc) is 3.32. The second-order valence-corrected chi connectivity index (χ2v) is 18.1. The Bertz CT molecular complexity index is 2080. The summed E-state index contributed by atoms with van der Waals surface area (Å²) in [5.74, 6) is -12.5. The van der Waals surface area contributed by atoms with E-state index in [0.717, 1.165) is 5.56 Å². The molecule has 0 aliphatic rings. The van der Waals surface area contributed by atoms with Crippen LogP contribution in [0.5, 0.6) is 0 Å². The van der Waals surface area contributed by atoms with Crippen LogP contribution in [0.4, 0.5) is 4.79 Å². The molecule has 0 saturated heterocycles. The Hall–Kier alpha value is -7.46. The fraction of sp³-hybridized carbons (Fsp3) is 0.609. The Kier molecular flexibility index (Phi) is 29.7. The van der Waals surface area contributed by atoms with Crippen LogP contribution in [-0.4, -0.2) is 161 Å². The summed E-state index contributed by atoms with van der Waals surface area (Å²) < 4.78 is 0. The summed E-state index contributed by atoms with van der Waals surface area (Å²) in [7, 11) is 0. The number of rotatable bonds is 36. The fourth-order valence-electron chi connectivity index (χ4n) is 7.02. The molecule has 0 fully saturated rings. The van der Waals surface area contributed by atoms with Crippen molar-refractivity contribution < 1.29 is 72.9 Å². The van der Waals surface area contributed by atoms with Gasteiger partial charge in [-0.05, 0) is 75.3 Å². The van der Waals surface area contributed by atoms with Gasteiger partial charge in [0.2, 0.25) is 53.2 Å². The van der Waals surface area contributed by atoms with Gasteiger partial charge in [0.1, 0.15) is 42.3 Å². The zero-order valence-corrected chi connectivity index (χ0v) is 42.1. The topological polar surface area (TPSA) is 478 Å². The minimum atomic E-state index is -1.86. The molecule has 28 nitrogen and oxygen atoms in total. The third-order valence-electron chi connectivity index (χ3n) is 11.0. The Labute approximate surface area is 428 Å². The first-order chi connectivity index (χ1) is 34.8. The molecule has 1 rings (SSSR count). The number of urea groups is 1. The number of aliphatic carboxylic acids is 2. The van der Waals surface area contributed by atoms with E-state index in [2.05, 4.69) is 47.9 Å². The van der Waals surface area contributed by atoms with Gasteiger partial charge in [0.05, 0.1) is 25.6 Å². The van der Waals surface area contributed by atoms with E-state index >= 15 is 0 Å². The van der Waals surface area contributed by atoms with E-state index in [4.69, 9.17) is 22.9 Å². The van der Waals surface area contributed by atoms with Gasteiger partial charge in [0.15, 0.2) is 0 Å². The van der Waals surface area contributed by atoms with Crippen LogP contribution in [-0.2, 0) is 59.2 Å². The van der Waals surface area contributed by atoms with E-state index in [1.54, 1.807) is 44.2 Å². The van der Waals surface area contributed by atoms with Crippen LogP contribution < -0.4 is 70.8 Å². The molecule has 1 aromatic carbocycles. The number of carboxylic acids is 2. The van der Waals surface area contributed by atoms with E-state index < -0.39 is 145 Å². The van der Waals surface area contributed by atoms with Gasteiger partial charge in [-0.25, -0.2) is 9.59 Å². The van der Waals surface area contributed by atoms with Crippen molar-refractivity contribution in [3.63, 3.8) is 0 Å². The second kappa shape index (κ2) is 34.1. The van der Waals surface area contributed by atoms with Crippen LogP contribution in [0, 0.1) is 11.8 Å². The number of aliphatic hydroxyl groups excluding tert-OH is 1. The number of carbonyl (C=O) groups excluding carboxylic acids is 10. The number of hydrogen-bond acceptors (Lipinski definition) is 15. The molecule has 0 aromatic heterocycles. The Morgan fingerprint density at radius 2 is 1.09 bits per heavy atom. The van der Waals surface area contributed by atoms with E-state index in [1.165, 1.54) is 13.8 Å². The molecule has 0 spiro atoms. The average molecular weight is 1050 g/mol. The van der Waals surface area contributed by atoms with Gasteiger partial charge in [0.25, 0.3) is 0 Å². The number of aliphatic hydroxyl groups is 1. The number of amides is 11. The highest BCUT2D eigenvalue weighted by Gasteiger charge is 2.35. The predicted octanol–water partition coefficient (Wildman–Crippen LogP) is -4.84. The molecular weight excluding hydrogens is 975 g/mol. The van der Waals surface area contributed by atoms with Crippen molar-refractivity contribution in [1.82, 2.24) is 47.9 Å². The number of carbonyl (C=O) groups is 12. The second-order valence-electron chi connectivity index (χ2n) is 18.1. The van der Waals surface area contributed by atoms with Gasteiger partial charge in [-0.3, -0.25) is 47.9 Å². The van der Waals surface area contributed by atoms with Crippen molar-refractivity contribution >= 4 is 71.1 Å². The van der Waals surface area contributed by atoms with Crippen molar-refractivity contribution in [2.45, 2.75) is 140 Å². The molecule has 11 amide bonds. The van der Waals surface area contributed by atoms with E-state index in [0.29, 0.717) is 6.42 Å². The highest BCUT2D eigenvalue weighted by molar-refractivity contribution is 5.98. The molecule has 8 atom stereocenters. The molecule has 28 heteroatoms. The minimum absolute atomic E-state index is 0.0238. The first kappa shape index (κ1) is 64.6. The first-order valence-corrected chi connectivity index (χ1v) is 24.1. The number of unbranched alkanes of at least 4 members (excludes halogenated alkanes) is 1. The number of nitrogens with two attached hydrogens (primary N) is 4. The maximum absolute atomic E-state index is 14.1. The van der Waals surface area contributed by atoms with Gasteiger partial charge in [-0.15, -0.1) is 0 Å². The highest BCUT2D eigenvalue weighted by Crippen LogP contribution is 2.11. The van der Waals surface area contributed by atoms with E-state index in [-0.39, 0.29) is 70.4 Å². The van der Waals surface area contributed by atoms with Gasteiger partial charge in [-0.1, -0.05) is 58.0 Å². The Morgan fingerprint density at radius 3 is 1.59 bits per heavy atom. The molecular formula is C46H75N13O15. The maximum atomic E-state index is 14.1. The molecule has 20 N–H and O–H groups in total. The quantitative estimate of drug-likeness (QED) is 0.0280. The van der Waals surface area contributed by atoms with E-state index in [1.807, 2.05) is 0 Å². The molecule has 414 valence electrons. The summed E-state index contributed by atoms with van der Waals surface area (Å²) >= 11 is 0. The minimum Gasteiger partial charge on any atom is -0.481 e. The largest absolute Gasteiger partial charge is 0.481 e. The third kappa shape index (κ3) is 25.8. The summed E-state index contributed by atoms with van der Waals surface area (Å²) in [6.45, 7) is 4.64. The molecule has 1 aromatic rings.